The maximum atomic E-state index is 11.7. The van der Waals surface area contributed by atoms with Crippen molar-refractivity contribution < 1.29 is 20.4 Å². The first-order chi connectivity index (χ1) is 8.95. The average molecular weight is 289 g/mol. The molecular formula is C10H15N3O5S. The van der Waals surface area contributed by atoms with Crippen molar-refractivity contribution in [2.24, 2.45) is 0 Å². The van der Waals surface area contributed by atoms with Gasteiger partial charge in [-0.2, -0.15) is 4.98 Å². The summed E-state index contributed by atoms with van der Waals surface area (Å²) in [4.78, 5) is 15.2. The van der Waals surface area contributed by atoms with E-state index in [-0.39, 0.29) is 5.82 Å². The minimum atomic E-state index is -1.36. The number of nitrogens with zero attached hydrogens (tertiary/aromatic N) is 2. The number of thioether (sulfide) groups is 1. The van der Waals surface area contributed by atoms with E-state index in [1.54, 1.807) is 0 Å². The first-order valence-corrected chi connectivity index (χ1v) is 6.43. The number of anilines is 1. The highest BCUT2D eigenvalue weighted by molar-refractivity contribution is 8.01. The summed E-state index contributed by atoms with van der Waals surface area (Å²) in [6.07, 6.45) is -1.32. The molecule has 106 valence electrons. The molecule has 1 fully saturated rings. The van der Waals surface area contributed by atoms with Gasteiger partial charge in [0.2, 0.25) is 0 Å². The lowest BCUT2D eigenvalue weighted by molar-refractivity contribution is -0.0263. The second kappa shape index (κ2) is 5.10. The number of hydrogen-bond acceptors (Lipinski definition) is 8. The summed E-state index contributed by atoms with van der Waals surface area (Å²) in [7, 11) is 0. The van der Waals surface area contributed by atoms with E-state index in [2.05, 4.69) is 4.98 Å². The van der Waals surface area contributed by atoms with Crippen molar-refractivity contribution in [3.05, 3.63) is 22.7 Å². The molecular weight excluding hydrogens is 274 g/mol. The van der Waals surface area contributed by atoms with Crippen LogP contribution in [0.25, 0.3) is 0 Å². The van der Waals surface area contributed by atoms with E-state index in [1.807, 2.05) is 0 Å². The minimum Gasteiger partial charge on any atom is -0.395 e. The molecule has 1 saturated heterocycles. The lowest BCUT2D eigenvalue weighted by Gasteiger charge is -2.27. The zero-order chi connectivity index (χ0) is 14.2. The molecule has 0 bridgehead atoms. The van der Waals surface area contributed by atoms with Crippen molar-refractivity contribution in [1.82, 2.24) is 9.55 Å². The van der Waals surface area contributed by atoms with Crippen LogP contribution in [0.1, 0.15) is 5.37 Å². The molecule has 2 rings (SSSR count). The maximum Gasteiger partial charge on any atom is 0.350 e. The number of aliphatic hydroxyl groups is 4. The Morgan fingerprint density at radius 3 is 2.53 bits per heavy atom. The second-order valence-corrected chi connectivity index (χ2v) is 5.90. The summed E-state index contributed by atoms with van der Waals surface area (Å²) >= 11 is 0.930. The fourth-order valence-corrected chi connectivity index (χ4v) is 3.47. The summed E-state index contributed by atoms with van der Waals surface area (Å²) in [5.74, 6) is 0.0508. The molecule has 0 radical (unpaired) electrons. The first kappa shape index (κ1) is 14.3. The molecule has 9 heteroatoms. The summed E-state index contributed by atoms with van der Waals surface area (Å²) in [6.45, 7) is -1.06. The number of aromatic nitrogens is 2. The van der Waals surface area contributed by atoms with E-state index in [0.717, 1.165) is 16.3 Å². The standard InChI is InChI=1S/C10H15N3O5S/c11-5-1-2-13(9(18)12-5)8-6(16)7(17)10(3-14,4-15)19-8/h1-2,6-8,14-17H,3-4H2,(H2,11,12,18)/t6-,7+,8-/m1/s1. The Labute approximate surface area is 112 Å². The number of nitrogen functional groups attached to an aromatic ring is 1. The largest absolute Gasteiger partial charge is 0.395 e. The predicted molar refractivity (Wildman–Crippen MR) is 68.5 cm³/mol. The normalized spacial score (nSPS) is 29.6. The van der Waals surface area contributed by atoms with Crippen LogP contribution in [0.5, 0.6) is 0 Å². The van der Waals surface area contributed by atoms with Gasteiger partial charge in [0.25, 0.3) is 0 Å². The Balaban J connectivity index is 2.39. The number of nitrogens with two attached hydrogens (primary N) is 1. The Kier molecular flexibility index (Phi) is 3.83. The Bertz CT molecular complexity index is 518. The van der Waals surface area contributed by atoms with E-state index in [9.17, 15) is 25.2 Å². The topological polar surface area (TPSA) is 142 Å². The van der Waals surface area contributed by atoms with Crippen LogP contribution in [-0.4, -0.2) is 60.1 Å². The minimum absolute atomic E-state index is 0.0508. The zero-order valence-electron chi connectivity index (χ0n) is 9.88. The van der Waals surface area contributed by atoms with Gasteiger partial charge in [-0.3, -0.25) is 4.57 Å². The van der Waals surface area contributed by atoms with Gasteiger partial charge in [0.05, 0.1) is 18.0 Å². The van der Waals surface area contributed by atoms with Gasteiger partial charge < -0.3 is 26.2 Å². The highest BCUT2D eigenvalue weighted by Gasteiger charge is 2.54. The van der Waals surface area contributed by atoms with Gasteiger partial charge >= 0.3 is 5.69 Å². The number of hydrogen-bond donors (Lipinski definition) is 5. The zero-order valence-corrected chi connectivity index (χ0v) is 10.7. The van der Waals surface area contributed by atoms with E-state index >= 15 is 0 Å². The third-order valence-electron chi connectivity index (χ3n) is 3.17. The van der Waals surface area contributed by atoms with Crippen molar-refractivity contribution in [2.45, 2.75) is 22.3 Å². The number of rotatable bonds is 3. The maximum absolute atomic E-state index is 11.7. The first-order valence-electron chi connectivity index (χ1n) is 5.55. The molecule has 8 nitrogen and oxygen atoms in total. The SMILES string of the molecule is Nc1ccn([C@@H]2SC(CO)(CO)[C@@H](O)[C@H]2O)c(=O)n1. The Morgan fingerprint density at radius 1 is 1.42 bits per heavy atom. The summed E-state index contributed by atoms with van der Waals surface area (Å²) in [5.41, 5.74) is 4.70. The van der Waals surface area contributed by atoms with Crippen molar-refractivity contribution in [1.29, 1.82) is 0 Å². The third-order valence-corrected chi connectivity index (χ3v) is 4.89. The van der Waals surface area contributed by atoms with Crippen LogP contribution in [0.2, 0.25) is 0 Å². The summed E-state index contributed by atoms with van der Waals surface area (Å²) in [6, 6.07) is 1.39. The average Bonchev–Trinajstić information content (AvgIpc) is 2.64. The summed E-state index contributed by atoms with van der Waals surface area (Å²) < 4.78 is -0.201. The molecule has 0 aliphatic carbocycles. The summed E-state index contributed by atoms with van der Waals surface area (Å²) in [5, 5.41) is 37.7. The van der Waals surface area contributed by atoms with Crippen molar-refractivity contribution >= 4 is 17.6 Å². The van der Waals surface area contributed by atoms with Crippen LogP contribution < -0.4 is 11.4 Å². The molecule has 0 aromatic carbocycles. The Morgan fingerprint density at radius 2 is 2.05 bits per heavy atom. The fourth-order valence-electron chi connectivity index (χ4n) is 2.00. The molecule has 19 heavy (non-hydrogen) atoms. The molecule has 2 heterocycles. The van der Waals surface area contributed by atoms with Gasteiger partial charge in [0.15, 0.2) is 0 Å². The highest BCUT2D eigenvalue weighted by atomic mass is 32.2. The quantitative estimate of drug-likeness (QED) is 0.411. The molecule has 1 aromatic heterocycles. The van der Waals surface area contributed by atoms with Gasteiger partial charge in [-0.1, -0.05) is 0 Å². The monoisotopic (exact) mass is 289 g/mol. The van der Waals surface area contributed by atoms with Crippen LogP contribution >= 0.6 is 11.8 Å². The van der Waals surface area contributed by atoms with E-state index < -0.39 is 41.2 Å². The van der Waals surface area contributed by atoms with E-state index in [1.165, 1.54) is 12.3 Å². The highest BCUT2D eigenvalue weighted by Crippen LogP contribution is 2.48. The Hall–Kier alpha value is -1.13. The second-order valence-electron chi connectivity index (χ2n) is 4.37. The van der Waals surface area contributed by atoms with Gasteiger partial charge in [0, 0.05) is 6.20 Å². The molecule has 0 amide bonds. The van der Waals surface area contributed by atoms with Gasteiger partial charge in [-0.05, 0) is 6.07 Å². The molecule has 1 aliphatic rings. The van der Waals surface area contributed by atoms with Gasteiger partial charge in [0.1, 0.15) is 23.4 Å². The van der Waals surface area contributed by atoms with Crippen molar-refractivity contribution in [3.63, 3.8) is 0 Å². The lowest BCUT2D eigenvalue weighted by atomic mass is 9.99. The smallest absolute Gasteiger partial charge is 0.350 e. The third kappa shape index (κ3) is 2.23. The van der Waals surface area contributed by atoms with Crippen LogP contribution in [-0.2, 0) is 0 Å². The number of aliphatic hydroxyl groups excluding tert-OH is 4. The van der Waals surface area contributed by atoms with Crippen LogP contribution in [0, 0.1) is 0 Å². The van der Waals surface area contributed by atoms with Crippen LogP contribution in [0.4, 0.5) is 5.82 Å². The van der Waals surface area contributed by atoms with Crippen molar-refractivity contribution in [3.8, 4) is 0 Å². The van der Waals surface area contributed by atoms with Gasteiger partial charge in [-0.25, -0.2) is 4.79 Å². The molecule has 0 spiro atoms. The lowest BCUT2D eigenvalue weighted by Crippen LogP contribution is -2.46. The molecule has 0 unspecified atom stereocenters. The molecule has 1 aliphatic heterocycles. The predicted octanol–water partition coefficient (Wildman–Crippen LogP) is -2.48. The molecule has 6 N–H and O–H groups in total. The molecule has 3 atom stereocenters. The van der Waals surface area contributed by atoms with E-state index in [4.69, 9.17) is 5.73 Å². The fraction of sp³-hybridized carbons (Fsp3) is 0.600. The van der Waals surface area contributed by atoms with E-state index in [0.29, 0.717) is 0 Å². The van der Waals surface area contributed by atoms with Crippen LogP contribution in [0.3, 0.4) is 0 Å². The molecule has 0 saturated carbocycles. The van der Waals surface area contributed by atoms with Crippen molar-refractivity contribution in [2.75, 3.05) is 18.9 Å². The van der Waals surface area contributed by atoms with Crippen LogP contribution in [0.15, 0.2) is 17.1 Å². The van der Waals surface area contributed by atoms with Gasteiger partial charge in [-0.15, -0.1) is 11.8 Å². The molecule has 1 aromatic rings.